The Morgan fingerprint density at radius 1 is 1.12 bits per heavy atom. The van der Waals surface area contributed by atoms with Crippen LogP contribution in [0.25, 0.3) is 0 Å². The van der Waals surface area contributed by atoms with E-state index in [0.29, 0.717) is 5.92 Å². The molecule has 0 saturated heterocycles. The van der Waals surface area contributed by atoms with E-state index in [9.17, 15) is 0 Å². The van der Waals surface area contributed by atoms with E-state index >= 15 is 0 Å². The molecule has 1 aliphatic heterocycles. The molecule has 1 aromatic rings. The van der Waals surface area contributed by atoms with Crippen molar-refractivity contribution in [1.29, 1.82) is 0 Å². The number of aryl methyl sites for hydroxylation is 2. The molecule has 1 aromatic carbocycles. The summed E-state index contributed by atoms with van der Waals surface area (Å²) in [6.45, 7) is 13.1. The van der Waals surface area contributed by atoms with Gasteiger partial charge in [0.1, 0.15) is 0 Å². The normalized spacial score (nSPS) is 22.2. The lowest BCUT2D eigenvalue weighted by atomic mass is 9.86. The van der Waals surface area contributed by atoms with Gasteiger partial charge in [-0.3, -0.25) is 4.99 Å². The molecule has 92 valence electrons. The lowest BCUT2D eigenvalue weighted by Gasteiger charge is -2.32. The summed E-state index contributed by atoms with van der Waals surface area (Å²) in [5.74, 6) is 0.426. The van der Waals surface area contributed by atoms with E-state index in [4.69, 9.17) is 4.99 Å². The number of benzene rings is 1. The van der Waals surface area contributed by atoms with Gasteiger partial charge in [0.05, 0.1) is 11.4 Å². The Hall–Kier alpha value is -1.31. The van der Waals surface area contributed by atoms with Gasteiger partial charge in [-0.05, 0) is 57.9 Å². The van der Waals surface area contributed by atoms with Gasteiger partial charge in [0, 0.05) is 17.2 Å². The van der Waals surface area contributed by atoms with Crippen LogP contribution in [-0.2, 0) is 0 Å². The Morgan fingerprint density at radius 2 is 1.71 bits per heavy atom. The SMILES string of the molecule is CC1=Nc2cc(C)c(C)cc2NC(C)(C)C1C. The Morgan fingerprint density at radius 3 is 2.35 bits per heavy atom. The molecule has 2 heteroatoms. The molecule has 0 fully saturated rings. The maximum absolute atomic E-state index is 4.77. The minimum absolute atomic E-state index is 0.0422. The Bertz CT molecular complexity index is 484. The number of nitrogens with one attached hydrogen (secondary N) is 1. The highest BCUT2D eigenvalue weighted by Crippen LogP contribution is 2.36. The van der Waals surface area contributed by atoms with Gasteiger partial charge in [0.25, 0.3) is 0 Å². The van der Waals surface area contributed by atoms with Gasteiger partial charge in [0.2, 0.25) is 0 Å². The number of fused-ring (bicyclic) bond motifs is 1. The number of anilines is 1. The molecule has 0 aliphatic carbocycles. The minimum atomic E-state index is 0.0422. The van der Waals surface area contributed by atoms with E-state index in [-0.39, 0.29) is 5.54 Å². The first-order chi connectivity index (χ1) is 7.81. The van der Waals surface area contributed by atoms with Gasteiger partial charge >= 0.3 is 0 Å². The summed E-state index contributed by atoms with van der Waals surface area (Å²) in [4.78, 5) is 4.77. The van der Waals surface area contributed by atoms with Gasteiger partial charge in [-0.2, -0.15) is 0 Å². The number of rotatable bonds is 0. The van der Waals surface area contributed by atoms with Crippen LogP contribution in [0, 0.1) is 19.8 Å². The summed E-state index contributed by atoms with van der Waals surface area (Å²) in [6.07, 6.45) is 0. The quantitative estimate of drug-likeness (QED) is 0.708. The highest BCUT2D eigenvalue weighted by Gasteiger charge is 2.30. The van der Waals surface area contributed by atoms with Crippen molar-refractivity contribution in [2.45, 2.75) is 47.1 Å². The molecule has 1 unspecified atom stereocenters. The summed E-state index contributed by atoms with van der Waals surface area (Å²) in [5, 5.41) is 3.63. The third-order valence-corrected chi connectivity index (χ3v) is 4.07. The fourth-order valence-corrected chi connectivity index (χ4v) is 2.26. The maximum atomic E-state index is 4.77. The van der Waals surface area contributed by atoms with Crippen LogP contribution in [0.2, 0.25) is 0 Å². The summed E-state index contributed by atoms with van der Waals surface area (Å²) >= 11 is 0. The van der Waals surface area contributed by atoms with E-state index in [1.807, 2.05) is 0 Å². The Kier molecular flexibility index (Phi) is 2.76. The van der Waals surface area contributed by atoms with Crippen LogP contribution in [0.3, 0.4) is 0 Å². The maximum Gasteiger partial charge on any atom is 0.0863 e. The minimum Gasteiger partial charge on any atom is -0.378 e. The molecule has 1 heterocycles. The molecule has 0 bridgehead atoms. The second kappa shape index (κ2) is 3.86. The molecule has 0 aromatic heterocycles. The van der Waals surface area contributed by atoms with Crippen LogP contribution in [0.15, 0.2) is 17.1 Å². The second-order valence-electron chi connectivity index (χ2n) is 5.78. The van der Waals surface area contributed by atoms with Crippen LogP contribution in [-0.4, -0.2) is 11.3 Å². The zero-order chi connectivity index (χ0) is 12.8. The van der Waals surface area contributed by atoms with Crippen LogP contribution in [0.1, 0.15) is 38.8 Å². The molecular formula is C15H22N2. The van der Waals surface area contributed by atoms with Gasteiger partial charge in [-0.15, -0.1) is 0 Å². The van der Waals surface area contributed by atoms with Crippen LogP contribution < -0.4 is 5.32 Å². The summed E-state index contributed by atoms with van der Waals surface area (Å²) in [6, 6.07) is 4.39. The van der Waals surface area contributed by atoms with Gasteiger partial charge in [0.15, 0.2) is 0 Å². The van der Waals surface area contributed by atoms with E-state index in [1.165, 1.54) is 16.8 Å². The lowest BCUT2D eigenvalue weighted by molar-refractivity contribution is 0.471. The molecule has 2 rings (SSSR count). The average Bonchev–Trinajstić information content (AvgIpc) is 2.29. The predicted molar refractivity (Wildman–Crippen MR) is 75.6 cm³/mol. The Balaban J connectivity index is 2.60. The third kappa shape index (κ3) is 2.08. The number of nitrogens with zero attached hydrogens (tertiary/aromatic N) is 1. The van der Waals surface area contributed by atoms with Crippen molar-refractivity contribution in [2.24, 2.45) is 10.9 Å². The molecular weight excluding hydrogens is 208 g/mol. The fraction of sp³-hybridized carbons (Fsp3) is 0.533. The average molecular weight is 230 g/mol. The van der Waals surface area contributed by atoms with Crippen LogP contribution >= 0.6 is 0 Å². The highest BCUT2D eigenvalue weighted by atomic mass is 15.0. The van der Waals surface area contributed by atoms with Crippen molar-refractivity contribution < 1.29 is 0 Å². The molecule has 0 radical (unpaired) electrons. The first-order valence-corrected chi connectivity index (χ1v) is 6.26. The van der Waals surface area contributed by atoms with Crippen molar-refractivity contribution in [2.75, 3.05) is 5.32 Å². The van der Waals surface area contributed by atoms with Crippen molar-refractivity contribution in [1.82, 2.24) is 0 Å². The standard InChI is InChI=1S/C15H22N2/c1-9-7-13-14(8-10(9)2)17-15(5,6)11(3)12(4)16-13/h7-8,11,17H,1-6H3. The topological polar surface area (TPSA) is 24.4 Å². The van der Waals surface area contributed by atoms with E-state index < -0.39 is 0 Å². The summed E-state index contributed by atoms with van der Waals surface area (Å²) < 4.78 is 0. The third-order valence-electron chi connectivity index (χ3n) is 4.07. The fourth-order valence-electron chi connectivity index (χ4n) is 2.26. The van der Waals surface area contributed by atoms with Crippen molar-refractivity contribution in [3.8, 4) is 0 Å². The Labute approximate surface area is 104 Å². The van der Waals surface area contributed by atoms with Crippen LogP contribution in [0.4, 0.5) is 11.4 Å². The van der Waals surface area contributed by atoms with Crippen molar-refractivity contribution >= 4 is 17.1 Å². The zero-order valence-electron chi connectivity index (χ0n) is 11.7. The number of hydrogen-bond acceptors (Lipinski definition) is 2. The molecule has 0 amide bonds. The summed E-state index contributed by atoms with van der Waals surface area (Å²) in [5.41, 5.74) is 6.08. The molecule has 1 N–H and O–H groups in total. The molecule has 17 heavy (non-hydrogen) atoms. The first-order valence-electron chi connectivity index (χ1n) is 6.26. The molecule has 0 saturated carbocycles. The summed E-state index contributed by atoms with van der Waals surface area (Å²) in [7, 11) is 0. The van der Waals surface area contributed by atoms with Crippen molar-refractivity contribution in [3.63, 3.8) is 0 Å². The lowest BCUT2D eigenvalue weighted by Crippen LogP contribution is -2.40. The highest BCUT2D eigenvalue weighted by molar-refractivity contribution is 5.91. The van der Waals surface area contributed by atoms with Gasteiger partial charge in [-0.25, -0.2) is 0 Å². The largest absolute Gasteiger partial charge is 0.378 e. The second-order valence-corrected chi connectivity index (χ2v) is 5.78. The van der Waals surface area contributed by atoms with Crippen molar-refractivity contribution in [3.05, 3.63) is 23.3 Å². The van der Waals surface area contributed by atoms with E-state index in [1.54, 1.807) is 0 Å². The predicted octanol–water partition coefficient (Wildman–Crippen LogP) is 4.24. The van der Waals surface area contributed by atoms with Gasteiger partial charge in [-0.1, -0.05) is 6.92 Å². The first kappa shape index (κ1) is 12.2. The van der Waals surface area contributed by atoms with E-state index in [0.717, 1.165) is 11.4 Å². The molecule has 0 spiro atoms. The monoisotopic (exact) mass is 230 g/mol. The molecule has 1 atom stereocenters. The zero-order valence-corrected chi connectivity index (χ0v) is 11.7. The number of hydrogen-bond donors (Lipinski definition) is 1. The number of aliphatic imine (C=N–C) groups is 1. The smallest absolute Gasteiger partial charge is 0.0863 e. The molecule has 2 nitrogen and oxygen atoms in total. The van der Waals surface area contributed by atoms with Crippen LogP contribution in [0.5, 0.6) is 0 Å². The molecule has 1 aliphatic rings. The van der Waals surface area contributed by atoms with E-state index in [2.05, 4.69) is 59.0 Å². The van der Waals surface area contributed by atoms with Gasteiger partial charge < -0.3 is 5.32 Å².